The minimum atomic E-state index is 0.298. The zero-order valence-corrected chi connectivity index (χ0v) is 8.46. The summed E-state index contributed by atoms with van der Waals surface area (Å²) in [5.74, 6) is 0. The molecule has 0 aromatic carbocycles. The fraction of sp³-hybridized carbons (Fsp3) is 0.750. The molecule has 1 aliphatic rings. The van der Waals surface area contributed by atoms with Crippen molar-refractivity contribution < 1.29 is 4.74 Å². The highest BCUT2D eigenvalue weighted by Crippen LogP contribution is 2.17. The van der Waals surface area contributed by atoms with Crippen molar-refractivity contribution in [2.45, 2.75) is 19.4 Å². The maximum absolute atomic E-state index is 5.55. The van der Waals surface area contributed by atoms with Gasteiger partial charge >= 0.3 is 0 Å². The Hall–Kier alpha value is -0.680. The Bertz CT molecular complexity index is 252. The third-order valence-electron chi connectivity index (χ3n) is 2.07. The Balaban J connectivity index is 2.05. The Morgan fingerprint density at radius 3 is 3.38 bits per heavy atom. The van der Waals surface area contributed by atoms with Crippen LogP contribution in [-0.4, -0.2) is 35.2 Å². The maximum Gasteiger partial charge on any atom is 0.205 e. The van der Waals surface area contributed by atoms with E-state index in [2.05, 4.69) is 21.2 Å². The molecule has 1 aromatic heterocycles. The van der Waals surface area contributed by atoms with E-state index in [9.17, 15) is 0 Å². The van der Waals surface area contributed by atoms with E-state index in [0.29, 0.717) is 6.10 Å². The minimum absolute atomic E-state index is 0.298. The predicted octanol–water partition coefficient (Wildman–Crippen LogP) is 1.15. The summed E-state index contributed by atoms with van der Waals surface area (Å²) in [5.41, 5.74) is 0. The summed E-state index contributed by atoms with van der Waals surface area (Å²) in [4.78, 5) is 6.44. The van der Waals surface area contributed by atoms with Crippen LogP contribution in [0.3, 0.4) is 0 Å². The van der Waals surface area contributed by atoms with Crippen LogP contribution in [0.1, 0.15) is 13.3 Å². The summed E-state index contributed by atoms with van der Waals surface area (Å²) in [6.07, 6.45) is 2.98. The van der Waals surface area contributed by atoms with Crippen molar-refractivity contribution in [1.82, 2.24) is 9.36 Å². The number of hydrogen-bond acceptors (Lipinski definition) is 5. The number of hydrogen-bond donors (Lipinski definition) is 0. The molecule has 0 radical (unpaired) electrons. The van der Waals surface area contributed by atoms with Crippen LogP contribution in [0.15, 0.2) is 6.33 Å². The average Bonchev–Trinajstić information content (AvgIpc) is 2.56. The van der Waals surface area contributed by atoms with Gasteiger partial charge in [0.25, 0.3) is 0 Å². The van der Waals surface area contributed by atoms with E-state index in [-0.39, 0.29) is 0 Å². The van der Waals surface area contributed by atoms with Gasteiger partial charge in [0.1, 0.15) is 6.33 Å². The van der Waals surface area contributed by atoms with Gasteiger partial charge in [0.05, 0.1) is 6.10 Å². The molecule has 0 bridgehead atoms. The first-order valence-corrected chi connectivity index (χ1v) is 5.27. The van der Waals surface area contributed by atoms with Gasteiger partial charge in [-0.25, -0.2) is 4.98 Å². The van der Waals surface area contributed by atoms with Gasteiger partial charge in [-0.2, -0.15) is 4.37 Å². The summed E-state index contributed by atoms with van der Waals surface area (Å²) in [5, 5.41) is 1.01. The molecule has 0 N–H and O–H groups in total. The molecule has 2 rings (SSSR count). The van der Waals surface area contributed by atoms with Crippen LogP contribution in [-0.2, 0) is 4.74 Å². The van der Waals surface area contributed by atoms with Crippen LogP contribution in [0.25, 0.3) is 0 Å². The molecule has 1 aliphatic heterocycles. The summed E-state index contributed by atoms with van der Waals surface area (Å²) < 4.78 is 9.55. The van der Waals surface area contributed by atoms with E-state index >= 15 is 0 Å². The van der Waals surface area contributed by atoms with Gasteiger partial charge in [-0.1, -0.05) is 0 Å². The second-order valence-electron chi connectivity index (χ2n) is 3.20. The quantitative estimate of drug-likeness (QED) is 0.680. The zero-order chi connectivity index (χ0) is 9.10. The number of nitrogens with zero attached hydrogens (tertiary/aromatic N) is 3. The lowest BCUT2D eigenvalue weighted by Gasteiger charge is -2.20. The van der Waals surface area contributed by atoms with Crippen molar-refractivity contribution in [3.05, 3.63) is 6.33 Å². The summed E-state index contributed by atoms with van der Waals surface area (Å²) in [6.45, 7) is 4.91. The molecule has 1 saturated heterocycles. The van der Waals surface area contributed by atoms with E-state index in [0.717, 1.165) is 31.2 Å². The van der Waals surface area contributed by atoms with Gasteiger partial charge in [0, 0.05) is 31.2 Å². The van der Waals surface area contributed by atoms with E-state index in [4.69, 9.17) is 4.74 Å². The standard InChI is InChI=1S/C8H13N3OS/c1-7-5-11(3-2-4-12-7)8-9-6-10-13-8/h6-7H,2-5H2,1H3. The summed E-state index contributed by atoms with van der Waals surface area (Å²) in [6, 6.07) is 0. The molecular formula is C8H13N3OS. The molecule has 13 heavy (non-hydrogen) atoms. The van der Waals surface area contributed by atoms with Crippen LogP contribution in [0, 0.1) is 0 Å². The van der Waals surface area contributed by atoms with E-state index in [1.165, 1.54) is 11.5 Å². The molecule has 1 aromatic rings. The normalized spacial score (nSPS) is 24.4. The van der Waals surface area contributed by atoms with Crippen molar-refractivity contribution >= 4 is 16.7 Å². The molecule has 0 saturated carbocycles. The van der Waals surface area contributed by atoms with Crippen molar-refractivity contribution in [2.75, 3.05) is 24.6 Å². The Morgan fingerprint density at radius 1 is 1.69 bits per heavy atom. The highest BCUT2D eigenvalue weighted by molar-refractivity contribution is 7.09. The third-order valence-corrected chi connectivity index (χ3v) is 2.80. The highest BCUT2D eigenvalue weighted by atomic mass is 32.1. The van der Waals surface area contributed by atoms with Gasteiger partial charge in [-0.05, 0) is 13.3 Å². The molecule has 0 spiro atoms. The van der Waals surface area contributed by atoms with Gasteiger partial charge in [-0.15, -0.1) is 0 Å². The highest BCUT2D eigenvalue weighted by Gasteiger charge is 2.16. The molecule has 1 fully saturated rings. The minimum Gasteiger partial charge on any atom is -0.377 e. The van der Waals surface area contributed by atoms with Crippen LogP contribution >= 0.6 is 11.5 Å². The van der Waals surface area contributed by atoms with Crippen molar-refractivity contribution in [1.29, 1.82) is 0 Å². The number of ether oxygens (including phenoxy) is 1. The molecular weight excluding hydrogens is 186 g/mol. The lowest BCUT2D eigenvalue weighted by molar-refractivity contribution is 0.0821. The Labute approximate surface area is 81.7 Å². The lowest BCUT2D eigenvalue weighted by Crippen LogP contribution is -2.29. The van der Waals surface area contributed by atoms with Gasteiger partial charge < -0.3 is 9.64 Å². The first kappa shape index (κ1) is 8.90. The van der Waals surface area contributed by atoms with Crippen LogP contribution in [0.2, 0.25) is 0 Å². The second kappa shape index (κ2) is 4.02. The predicted molar refractivity (Wildman–Crippen MR) is 52.2 cm³/mol. The molecule has 72 valence electrons. The van der Waals surface area contributed by atoms with Crippen molar-refractivity contribution in [2.24, 2.45) is 0 Å². The van der Waals surface area contributed by atoms with Crippen LogP contribution in [0.4, 0.5) is 5.13 Å². The molecule has 2 heterocycles. The molecule has 5 heteroatoms. The molecule has 1 unspecified atom stereocenters. The Morgan fingerprint density at radius 2 is 2.62 bits per heavy atom. The largest absolute Gasteiger partial charge is 0.377 e. The average molecular weight is 199 g/mol. The number of aromatic nitrogens is 2. The lowest BCUT2D eigenvalue weighted by atomic mass is 10.4. The van der Waals surface area contributed by atoms with Gasteiger partial charge in [0.2, 0.25) is 5.13 Å². The van der Waals surface area contributed by atoms with Crippen molar-refractivity contribution in [3.8, 4) is 0 Å². The summed E-state index contributed by atoms with van der Waals surface area (Å²) in [7, 11) is 0. The molecule has 0 amide bonds. The zero-order valence-electron chi connectivity index (χ0n) is 7.64. The fourth-order valence-electron chi connectivity index (χ4n) is 1.47. The van der Waals surface area contributed by atoms with Gasteiger partial charge in [0.15, 0.2) is 0 Å². The Kier molecular flexibility index (Phi) is 2.75. The van der Waals surface area contributed by atoms with Crippen LogP contribution in [0.5, 0.6) is 0 Å². The second-order valence-corrected chi connectivity index (χ2v) is 3.96. The van der Waals surface area contributed by atoms with Crippen molar-refractivity contribution in [3.63, 3.8) is 0 Å². The van der Waals surface area contributed by atoms with Crippen LogP contribution < -0.4 is 4.90 Å². The van der Waals surface area contributed by atoms with Gasteiger partial charge in [-0.3, -0.25) is 0 Å². The number of rotatable bonds is 1. The fourth-order valence-corrected chi connectivity index (χ4v) is 2.04. The SMILES string of the molecule is CC1CN(c2ncns2)CCCO1. The number of anilines is 1. The first-order valence-electron chi connectivity index (χ1n) is 4.49. The van der Waals surface area contributed by atoms with E-state index in [1.54, 1.807) is 6.33 Å². The van der Waals surface area contributed by atoms with E-state index < -0.39 is 0 Å². The first-order chi connectivity index (χ1) is 6.36. The summed E-state index contributed by atoms with van der Waals surface area (Å²) >= 11 is 1.45. The third kappa shape index (κ3) is 2.16. The molecule has 0 aliphatic carbocycles. The smallest absolute Gasteiger partial charge is 0.205 e. The molecule has 4 nitrogen and oxygen atoms in total. The monoisotopic (exact) mass is 199 g/mol. The molecule has 1 atom stereocenters. The topological polar surface area (TPSA) is 38.2 Å². The maximum atomic E-state index is 5.55. The van der Waals surface area contributed by atoms with E-state index in [1.807, 2.05) is 0 Å².